The Morgan fingerprint density at radius 2 is 1.88 bits per heavy atom. The molecule has 1 aromatic carbocycles. The fourth-order valence-electron chi connectivity index (χ4n) is 1.59. The van der Waals surface area contributed by atoms with E-state index >= 15 is 0 Å². The van der Waals surface area contributed by atoms with E-state index < -0.39 is 0 Å². The zero-order valence-corrected chi connectivity index (χ0v) is 10.5. The Morgan fingerprint density at radius 3 is 2.44 bits per heavy atom. The lowest BCUT2D eigenvalue weighted by atomic mass is 9.89. The molecule has 1 unspecified atom stereocenters. The summed E-state index contributed by atoms with van der Waals surface area (Å²) in [6.45, 7) is 6.61. The molecule has 0 fully saturated rings. The lowest BCUT2D eigenvalue weighted by Gasteiger charge is -2.17. The highest BCUT2D eigenvalue weighted by Crippen LogP contribution is 2.19. The molecule has 1 atom stereocenters. The molecule has 0 saturated carbocycles. The van der Waals surface area contributed by atoms with Crippen LogP contribution in [0.25, 0.3) is 0 Å². The van der Waals surface area contributed by atoms with Crippen molar-refractivity contribution in [1.82, 2.24) is 0 Å². The van der Waals surface area contributed by atoms with E-state index in [0.717, 1.165) is 12.0 Å². The van der Waals surface area contributed by atoms with Crippen LogP contribution in [-0.4, -0.2) is 13.1 Å². The van der Waals surface area contributed by atoms with Gasteiger partial charge in [-0.2, -0.15) is 0 Å². The first-order chi connectivity index (χ1) is 7.56. The highest BCUT2D eigenvalue weighted by Gasteiger charge is 2.14. The molecule has 88 valence electrons. The van der Waals surface area contributed by atoms with Crippen LogP contribution in [0.1, 0.15) is 36.7 Å². The first-order valence-electron chi connectivity index (χ1n) is 5.72. The fraction of sp³-hybridized carbons (Fsp3) is 0.500. The van der Waals surface area contributed by atoms with Crippen LogP contribution in [0.3, 0.4) is 0 Å². The molecule has 0 bridgehead atoms. The van der Waals surface area contributed by atoms with Crippen molar-refractivity contribution in [3.05, 3.63) is 35.4 Å². The number of methoxy groups -OCH3 is 1. The lowest BCUT2D eigenvalue weighted by molar-refractivity contribution is 0.0599. The average Bonchev–Trinajstić information content (AvgIpc) is 2.28. The molecule has 0 aliphatic carbocycles. The summed E-state index contributed by atoms with van der Waals surface area (Å²) in [5.41, 5.74) is 1.77. The van der Waals surface area contributed by atoms with Crippen molar-refractivity contribution in [2.45, 2.75) is 27.2 Å². The molecule has 16 heavy (non-hydrogen) atoms. The zero-order valence-electron chi connectivity index (χ0n) is 10.5. The maximum Gasteiger partial charge on any atom is 0.338 e. The third-order valence-electron chi connectivity index (χ3n) is 3.10. The Kier molecular flexibility index (Phi) is 4.53. The quantitative estimate of drug-likeness (QED) is 0.728. The van der Waals surface area contributed by atoms with Crippen LogP contribution in [-0.2, 0) is 11.2 Å². The topological polar surface area (TPSA) is 26.3 Å². The van der Waals surface area contributed by atoms with Gasteiger partial charge in [0.1, 0.15) is 0 Å². The first-order valence-corrected chi connectivity index (χ1v) is 5.72. The second kappa shape index (κ2) is 5.69. The molecule has 2 nitrogen and oxygen atoms in total. The zero-order chi connectivity index (χ0) is 12.1. The maximum atomic E-state index is 11.6. The summed E-state index contributed by atoms with van der Waals surface area (Å²) in [6.07, 6.45) is 0.920. The number of hydrogen-bond donors (Lipinski definition) is 0. The molecule has 0 amide bonds. The molecule has 0 aliphatic heterocycles. The number of ether oxygens (including phenoxy) is 1. The third kappa shape index (κ3) is 3.09. The summed E-state index contributed by atoms with van der Waals surface area (Å²) >= 11 is 0. The van der Waals surface area contributed by atoms with Crippen LogP contribution >= 0.6 is 0 Å². The van der Waals surface area contributed by atoms with Crippen LogP contribution in [0.2, 0.25) is 0 Å². The molecule has 0 spiro atoms. The van der Waals surface area contributed by atoms with E-state index in [1.165, 1.54) is 7.11 Å². The number of rotatable bonds is 4. The van der Waals surface area contributed by atoms with E-state index in [0.29, 0.717) is 17.4 Å². The Bertz CT molecular complexity index is 356. The van der Waals surface area contributed by atoms with Crippen LogP contribution in [0.15, 0.2) is 24.3 Å². The van der Waals surface area contributed by atoms with Gasteiger partial charge in [-0.15, -0.1) is 0 Å². The molecule has 0 aliphatic rings. The van der Waals surface area contributed by atoms with Gasteiger partial charge in [0, 0.05) is 0 Å². The summed E-state index contributed by atoms with van der Waals surface area (Å²) in [5, 5.41) is 0. The highest BCUT2D eigenvalue weighted by molar-refractivity contribution is 5.90. The van der Waals surface area contributed by atoms with Crippen LogP contribution in [0, 0.1) is 11.8 Å². The normalized spacial score (nSPS) is 12.6. The molecule has 2 heteroatoms. The predicted octanol–water partition coefficient (Wildman–Crippen LogP) is 3.31. The van der Waals surface area contributed by atoms with Crippen molar-refractivity contribution in [3.63, 3.8) is 0 Å². The van der Waals surface area contributed by atoms with Crippen LogP contribution in [0.5, 0.6) is 0 Å². The molecule has 0 saturated heterocycles. The monoisotopic (exact) mass is 220 g/mol. The van der Waals surface area contributed by atoms with E-state index in [4.69, 9.17) is 4.74 Å². The summed E-state index contributed by atoms with van der Waals surface area (Å²) in [5.74, 6) is 0.933. The van der Waals surface area contributed by atoms with Gasteiger partial charge in [-0.05, 0) is 29.9 Å². The van der Waals surface area contributed by atoms with Crippen molar-refractivity contribution in [3.8, 4) is 0 Å². The van der Waals surface area contributed by atoms with E-state index in [1.54, 1.807) is 0 Å². The molecular formula is C14H20O2. The van der Waals surface area contributed by atoms with Gasteiger partial charge < -0.3 is 4.74 Å². The highest BCUT2D eigenvalue weighted by atomic mass is 16.5. The Hall–Kier alpha value is -1.31. The number of benzene rings is 1. The van der Waals surface area contributed by atoms with Gasteiger partial charge in [0.25, 0.3) is 0 Å². The van der Waals surface area contributed by atoms with Crippen LogP contribution < -0.4 is 0 Å². The predicted molar refractivity (Wildman–Crippen MR) is 65.5 cm³/mol. The number of carbonyl (C=O) groups excluding carboxylic acids is 1. The van der Waals surface area contributed by atoms with E-state index in [2.05, 4.69) is 20.8 Å². The smallest absolute Gasteiger partial charge is 0.338 e. The molecule has 1 rings (SSSR count). The first kappa shape index (κ1) is 12.8. The number of carbonyl (C=O) groups is 1. The number of esters is 1. The lowest BCUT2D eigenvalue weighted by Crippen LogP contribution is -2.12. The Labute approximate surface area is 97.6 Å². The van der Waals surface area contributed by atoms with Gasteiger partial charge in [0.05, 0.1) is 12.7 Å². The summed E-state index contributed by atoms with van der Waals surface area (Å²) in [4.78, 5) is 11.6. The Balaban J connectivity index is 2.91. The second-order valence-electron chi connectivity index (χ2n) is 4.57. The fourth-order valence-corrected chi connectivity index (χ4v) is 1.59. The van der Waals surface area contributed by atoms with Gasteiger partial charge in [-0.25, -0.2) is 4.79 Å². The van der Waals surface area contributed by atoms with Crippen LogP contribution in [0.4, 0.5) is 0 Å². The molecule has 1 aromatic rings. The minimum Gasteiger partial charge on any atom is -0.465 e. The molecule has 0 radical (unpaired) electrons. The molecule has 0 N–H and O–H groups in total. The SMILES string of the molecule is COC(=O)c1ccccc1CC(C)C(C)C. The van der Waals surface area contributed by atoms with E-state index in [1.807, 2.05) is 24.3 Å². The van der Waals surface area contributed by atoms with Gasteiger partial charge in [0.15, 0.2) is 0 Å². The maximum absolute atomic E-state index is 11.6. The summed E-state index contributed by atoms with van der Waals surface area (Å²) in [7, 11) is 1.42. The van der Waals surface area contributed by atoms with Gasteiger partial charge in [-0.3, -0.25) is 0 Å². The Morgan fingerprint density at radius 1 is 1.25 bits per heavy atom. The largest absolute Gasteiger partial charge is 0.465 e. The minimum absolute atomic E-state index is 0.244. The van der Waals surface area contributed by atoms with Crippen molar-refractivity contribution in [1.29, 1.82) is 0 Å². The average molecular weight is 220 g/mol. The van der Waals surface area contributed by atoms with Crippen molar-refractivity contribution in [2.75, 3.05) is 7.11 Å². The number of hydrogen-bond acceptors (Lipinski definition) is 2. The molecule has 0 heterocycles. The summed E-state index contributed by atoms with van der Waals surface area (Å²) < 4.78 is 4.78. The van der Waals surface area contributed by atoms with E-state index in [9.17, 15) is 4.79 Å². The second-order valence-corrected chi connectivity index (χ2v) is 4.57. The van der Waals surface area contributed by atoms with Gasteiger partial charge in [-0.1, -0.05) is 39.0 Å². The van der Waals surface area contributed by atoms with Crippen molar-refractivity contribution >= 4 is 5.97 Å². The molecule has 0 aromatic heterocycles. The third-order valence-corrected chi connectivity index (χ3v) is 3.10. The minimum atomic E-state index is -0.244. The van der Waals surface area contributed by atoms with Gasteiger partial charge in [0.2, 0.25) is 0 Å². The van der Waals surface area contributed by atoms with Crippen molar-refractivity contribution in [2.24, 2.45) is 11.8 Å². The van der Waals surface area contributed by atoms with E-state index in [-0.39, 0.29) is 5.97 Å². The standard InChI is InChI=1S/C14H20O2/c1-10(2)11(3)9-12-7-5-6-8-13(12)14(15)16-4/h5-8,10-11H,9H2,1-4H3. The van der Waals surface area contributed by atoms with Crippen molar-refractivity contribution < 1.29 is 9.53 Å². The van der Waals surface area contributed by atoms with Gasteiger partial charge >= 0.3 is 5.97 Å². The summed E-state index contributed by atoms with van der Waals surface area (Å²) in [6, 6.07) is 7.67. The molecular weight excluding hydrogens is 200 g/mol.